The molecule has 19 heavy (non-hydrogen) atoms. The number of hydrogen-bond acceptors (Lipinski definition) is 4. The van der Waals surface area contributed by atoms with Gasteiger partial charge in [-0.2, -0.15) is 0 Å². The van der Waals surface area contributed by atoms with Crippen LogP contribution in [0, 0.1) is 6.92 Å². The zero-order valence-corrected chi connectivity index (χ0v) is 11.5. The van der Waals surface area contributed by atoms with Crippen molar-refractivity contribution < 1.29 is 23.1 Å². The van der Waals surface area contributed by atoms with Gasteiger partial charge in [0.15, 0.2) is 0 Å². The van der Waals surface area contributed by atoms with Crippen LogP contribution in [0.15, 0.2) is 18.2 Å². The smallest absolute Gasteiger partial charge is 0.337 e. The number of aryl methyl sites for hydroxylation is 1. The molecule has 0 fully saturated rings. The van der Waals surface area contributed by atoms with E-state index in [9.17, 15) is 18.0 Å². The Labute approximate surface area is 111 Å². The molecule has 0 saturated carbocycles. The highest BCUT2D eigenvalue weighted by Crippen LogP contribution is 2.17. The summed E-state index contributed by atoms with van der Waals surface area (Å²) in [6, 6.07) is 4.59. The summed E-state index contributed by atoms with van der Waals surface area (Å²) in [5.74, 6) is -1.95. The topological polar surface area (TPSA) is 101 Å². The van der Waals surface area contributed by atoms with Crippen LogP contribution in [0.25, 0.3) is 0 Å². The normalized spacial score (nSPS) is 11.1. The Balaban J connectivity index is 2.82. The van der Waals surface area contributed by atoms with Crippen molar-refractivity contribution in [3.63, 3.8) is 0 Å². The zero-order chi connectivity index (χ0) is 14.6. The van der Waals surface area contributed by atoms with Gasteiger partial charge in [0.1, 0.15) is 9.84 Å². The molecule has 6 nitrogen and oxygen atoms in total. The summed E-state index contributed by atoms with van der Waals surface area (Å²) in [6.07, 6.45) is 0.834. The number of sulfone groups is 1. The summed E-state index contributed by atoms with van der Waals surface area (Å²) in [4.78, 5) is 22.6. The highest BCUT2D eigenvalue weighted by atomic mass is 32.2. The van der Waals surface area contributed by atoms with Gasteiger partial charge in [-0.3, -0.25) is 4.79 Å². The predicted octanol–water partition coefficient (Wildman–Crippen LogP) is 1.07. The largest absolute Gasteiger partial charge is 0.478 e. The number of aromatic carboxylic acids is 1. The first-order chi connectivity index (χ1) is 8.69. The molecular formula is C12H15NO5S. The minimum Gasteiger partial charge on any atom is -0.478 e. The van der Waals surface area contributed by atoms with E-state index in [0.717, 1.165) is 11.8 Å². The Morgan fingerprint density at radius 1 is 1.32 bits per heavy atom. The zero-order valence-electron chi connectivity index (χ0n) is 10.6. The molecule has 0 atom stereocenters. The lowest BCUT2D eigenvalue weighted by Gasteiger charge is -2.09. The molecule has 0 aliphatic rings. The Kier molecular flexibility index (Phi) is 4.66. The lowest BCUT2D eigenvalue weighted by atomic mass is 10.1. The molecule has 1 aromatic carbocycles. The molecule has 0 aliphatic heterocycles. The maximum Gasteiger partial charge on any atom is 0.337 e. The second-order valence-electron chi connectivity index (χ2n) is 4.28. The molecule has 1 aromatic rings. The van der Waals surface area contributed by atoms with E-state index in [1.165, 1.54) is 12.1 Å². The fourth-order valence-corrected chi connectivity index (χ4v) is 1.99. The number of carboxylic acid groups (broad SMARTS) is 1. The predicted molar refractivity (Wildman–Crippen MR) is 71.1 cm³/mol. The average molecular weight is 285 g/mol. The number of amides is 1. The number of anilines is 1. The molecular weight excluding hydrogens is 270 g/mol. The van der Waals surface area contributed by atoms with E-state index in [1.807, 2.05) is 0 Å². The fourth-order valence-electron chi connectivity index (χ4n) is 1.43. The van der Waals surface area contributed by atoms with Crippen LogP contribution in [-0.4, -0.2) is 37.4 Å². The van der Waals surface area contributed by atoms with Crippen LogP contribution in [-0.2, 0) is 14.6 Å². The third-order valence-electron chi connectivity index (χ3n) is 2.38. The summed E-state index contributed by atoms with van der Waals surface area (Å²) < 4.78 is 21.9. The Bertz CT molecular complexity index is 607. The van der Waals surface area contributed by atoms with Crippen LogP contribution in [0.4, 0.5) is 5.69 Å². The molecule has 1 rings (SSSR count). The molecule has 0 bridgehead atoms. The van der Waals surface area contributed by atoms with Crippen molar-refractivity contribution in [1.29, 1.82) is 0 Å². The van der Waals surface area contributed by atoms with E-state index in [2.05, 4.69) is 5.32 Å². The van der Waals surface area contributed by atoms with Crippen molar-refractivity contribution in [3.8, 4) is 0 Å². The van der Waals surface area contributed by atoms with Gasteiger partial charge < -0.3 is 10.4 Å². The molecule has 0 aromatic heterocycles. The highest BCUT2D eigenvalue weighted by molar-refractivity contribution is 7.90. The van der Waals surface area contributed by atoms with E-state index >= 15 is 0 Å². The van der Waals surface area contributed by atoms with Gasteiger partial charge in [0.05, 0.1) is 17.0 Å². The summed E-state index contributed by atoms with van der Waals surface area (Å²) in [5.41, 5.74) is 0.899. The van der Waals surface area contributed by atoms with Gasteiger partial charge in [-0.1, -0.05) is 11.6 Å². The maximum absolute atomic E-state index is 11.6. The Morgan fingerprint density at radius 3 is 2.47 bits per heavy atom. The first-order valence-corrected chi connectivity index (χ1v) is 7.56. The van der Waals surface area contributed by atoms with Crippen LogP contribution in [0.1, 0.15) is 22.3 Å². The second-order valence-corrected chi connectivity index (χ2v) is 6.54. The van der Waals surface area contributed by atoms with Crippen molar-refractivity contribution in [2.75, 3.05) is 17.3 Å². The molecule has 1 amide bonds. The third-order valence-corrected chi connectivity index (χ3v) is 3.33. The molecule has 0 unspecified atom stereocenters. The molecule has 7 heteroatoms. The van der Waals surface area contributed by atoms with Gasteiger partial charge in [0, 0.05) is 12.7 Å². The van der Waals surface area contributed by atoms with Gasteiger partial charge in [-0.25, -0.2) is 13.2 Å². The standard InChI is InChI=1S/C12H15NO5S/c1-8-3-4-10(9(7-8)12(15)16)13-11(14)5-6-19(2,17)18/h3-4,7H,5-6H2,1-2H3,(H,13,14)(H,15,16). The molecule has 2 N–H and O–H groups in total. The molecule has 0 spiro atoms. The molecule has 0 aliphatic carbocycles. The first kappa shape index (κ1) is 15.2. The number of rotatable bonds is 5. The fraction of sp³-hybridized carbons (Fsp3) is 0.333. The second kappa shape index (κ2) is 5.83. The molecule has 0 radical (unpaired) electrons. The van der Waals surface area contributed by atoms with Gasteiger partial charge in [0.25, 0.3) is 0 Å². The van der Waals surface area contributed by atoms with E-state index in [0.29, 0.717) is 0 Å². The Morgan fingerprint density at radius 2 is 1.95 bits per heavy atom. The molecule has 0 heterocycles. The monoisotopic (exact) mass is 285 g/mol. The van der Waals surface area contributed by atoms with E-state index in [1.54, 1.807) is 13.0 Å². The van der Waals surface area contributed by atoms with Gasteiger partial charge >= 0.3 is 5.97 Å². The van der Waals surface area contributed by atoms with E-state index in [-0.39, 0.29) is 23.4 Å². The first-order valence-electron chi connectivity index (χ1n) is 5.50. The summed E-state index contributed by atoms with van der Waals surface area (Å²) >= 11 is 0. The van der Waals surface area contributed by atoms with Gasteiger partial charge in [0.2, 0.25) is 5.91 Å². The number of carbonyl (C=O) groups is 2. The van der Waals surface area contributed by atoms with Crippen molar-refractivity contribution in [1.82, 2.24) is 0 Å². The minimum absolute atomic E-state index is 0.0206. The van der Waals surface area contributed by atoms with Crippen molar-refractivity contribution in [2.24, 2.45) is 0 Å². The SMILES string of the molecule is Cc1ccc(NC(=O)CCS(C)(=O)=O)c(C(=O)O)c1. The van der Waals surface area contributed by atoms with Crippen LogP contribution < -0.4 is 5.32 Å². The Hall–Kier alpha value is -1.89. The minimum atomic E-state index is -3.22. The molecule has 0 saturated heterocycles. The number of hydrogen-bond donors (Lipinski definition) is 2. The lowest BCUT2D eigenvalue weighted by molar-refractivity contribution is -0.115. The maximum atomic E-state index is 11.6. The number of carboxylic acids is 1. The van der Waals surface area contributed by atoms with E-state index in [4.69, 9.17) is 5.11 Å². The number of benzene rings is 1. The van der Waals surface area contributed by atoms with Crippen molar-refractivity contribution >= 4 is 27.4 Å². The van der Waals surface area contributed by atoms with Crippen LogP contribution in [0.5, 0.6) is 0 Å². The van der Waals surface area contributed by atoms with Gasteiger partial charge in [-0.15, -0.1) is 0 Å². The molecule has 104 valence electrons. The summed E-state index contributed by atoms with van der Waals surface area (Å²) in [5, 5.41) is 11.4. The number of nitrogens with one attached hydrogen (secondary N) is 1. The van der Waals surface area contributed by atoms with Crippen LogP contribution in [0.3, 0.4) is 0 Å². The highest BCUT2D eigenvalue weighted by Gasteiger charge is 2.14. The summed E-state index contributed by atoms with van der Waals surface area (Å²) in [6.45, 7) is 1.74. The van der Waals surface area contributed by atoms with E-state index < -0.39 is 21.7 Å². The van der Waals surface area contributed by atoms with Crippen LogP contribution >= 0.6 is 0 Å². The van der Waals surface area contributed by atoms with Crippen molar-refractivity contribution in [3.05, 3.63) is 29.3 Å². The van der Waals surface area contributed by atoms with Gasteiger partial charge in [-0.05, 0) is 19.1 Å². The third kappa shape index (κ3) is 5.09. The summed E-state index contributed by atoms with van der Waals surface area (Å²) in [7, 11) is -3.22. The number of carbonyl (C=O) groups excluding carboxylic acids is 1. The average Bonchev–Trinajstić information content (AvgIpc) is 2.28. The van der Waals surface area contributed by atoms with Crippen molar-refractivity contribution in [2.45, 2.75) is 13.3 Å². The lowest BCUT2D eigenvalue weighted by Crippen LogP contribution is -2.18. The van der Waals surface area contributed by atoms with Crippen LogP contribution in [0.2, 0.25) is 0 Å². The quantitative estimate of drug-likeness (QED) is 0.842.